The van der Waals surface area contributed by atoms with Gasteiger partial charge in [-0.05, 0) is 49.6 Å². The number of hydrogen-bond acceptors (Lipinski definition) is 3. The number of nitrogens with zero attached hydrogens (tertiary/aromatic N) is 2. The minimum atomic E-state index is -0.884. The predicted molar refractivity (Wildman–Crippen MR) is 84.5 cm³/mol. The van der Waals surface area contributed by atoms with Crippen molar-refractivity contribution in [1.82, 2.24) is 15.1 Å². The maximum absolute atomic E-state index is 13.2. The molecule has 126 valence electrons. The zero-order valence-electron chi connectivity index (χ0n) is 13.2. The van der Waals surface area contributed by atoms with Gasteiger partial charge in [-0.2, -0.15) is 5.10 Å². The Labute approximate surface area is 138 Å². The molecular weight excluding hydrogens is 313 g/mol. The largest absolute Gasteiger partial charge is 0.481 e. The normalized spacial score (nSPS) is 20.1. The molecule has 1 aliphatic rings. The highest BCUT2D eigenvalue weighted by molar-refractivity contribution is 5.92. The van der Waals surface area contributed by atoms with E-state index in [1.807, 2.05) is 0 Å². The number of amides is 1. The Morgan fingerprint density at radius 2 is 2.12 bits per heavy atom. The van der Waals surface area contributed by atoms with E-state index in [1.54, 1.807) is 25.3 Å². The number of carboxylic acids is 1. The first-order valence-corrected chi connectivity index (χ1v) is 7.81. The highest BCUT2D eigenvalue weighted by Crippen LogP contribution is 2.26. The molecule has 0 spiro atoms. The molecule has 24 heavy (non-hydrogen) atoms. The number of hydrogen-bond donors (Lipinski definition) is 2. The van der Waals surface area contributed by atoms with Gasteiger partial charge in [0, 0.05) is 12.2 Å². The summed E-state index contributed by atoms with van der Waals surface area (Å²) in [5.41, 5.74) is 1.58. The predicted octanol–water partition coefficient (Wildman–Crippen LogP) is 2.30. The summed E-state index contributed by atoms with van der Waals surface area (Å²) >= 11 is 0. The van der Waals surface area contributed by atoms with Gasteiger partial charge in [0.2, 0.25) is 0 Å². The van der Waals surface area contributed by atoms with Gasteiger partial charge in [-0.3, -0.25) is 9.59 Å². The molecule has 0 bridgehead atoms. The van der Waals surface area contributed by atoms with E-state index >= 15 is 0 Å². The molecule has 1 heterocycles. The number of carboxylic acid groups (broad SMARTS) is 1. The maximum atomic E-state index is 13.2. The minimum Gasteiger partial charge on any atom is -0.481 e. The van der Waals surface area contributed by atoms with Crippen LogP contribution in [0.25, 0.3) is 5.69 Å². The van der Waals surface area contributed by atoms with Gasteiger partial charge in [0.25, 0.3) is 5.91 Å². The summed E-state index contributed by atoms with van der Waals surface area (Å²) in [4.78, 5) is 23.5. The van der Waals surface area contributed by atoms with Crippen molar-refractivity contribution in [3.63, 3.8) is 0 Å². The molecule has 1 saturated carbocycles. The SMILES string of the molecule is Cc1cc(F)ccc1-n1ccc(C(=O)N[C@@H]2CCC[C@@H]2C(=O)O)n1. The zero-order valence-corrected chi connectivity index (χ0v) is 13.2. The smallest absolute Gasteiger partial charge is 0.308 e. The Bertz CT molecular complexity index is 787. The van der Waals surface area contributed by atoms with Crippen LogP contribution in [0.4, 0.5) is 4.39 Å². The quantitative estimate of drug-likeness (QED) is 0.900. The first-order chi connectivity index (χ1) is 11.5. The van der Waals surface area contributed by atoms with Crippen LogP contribution < -0.4 is 5.32 Å². The first-order valence-electron chi connectivity index (χ1n) is 7.81. The van der Waals surface area contributed by atoms with Gasteiger partial charge in [-0.15, -0.1) is 0 Å². The third-order valence-electron chi connectivity index (χ3n) is 4.38. The second kappa shape index (κ2) is 6.43. The standard InChI is InChI=1S/C17H18FN3O3/c1-10-9-11(18)5-6-15(10)21-8-7-14(20-21)16(22)19-13-4-2-3-12(13)17(23)24/h5-9,12-13H,2-4H2,1H3,(H,19,22)(H,23,24)/t12-,13+/m0/s1. The van der Waals surface area contributed by atoms with Crippen molar-refractivity contribution in [3.05, 3.63) is 47.5 Å². The third kappa shape index (κ3) is 3.15. The van der Waals surface area contributed by atoms with E-state index in [-0.39, 0.29) is 17.6 Å². The van der Waals surface area contributed by atoms with Gasteiger partial charge in [0.15, 0.2) is 5.69 Å². The molecule has 0 saturated heterocycles. The summed E-state index contributed by atoms with van der Waals surface area (Å²) in [6, 6.07) is 5.51. The van der Waals surface area contributed by atoms with Gasteiger partial charge in [0.05, 0.1) is 11.6 Å². The second-order valence-electron chi connectivity index (χ2n) is 6.03. The molecule has 1 fully saturated rings. The van der Waals surface area contributed by atoms with Crippen LogP contribution in [0.5, 0.6) is 0 Å². The van der Waals surface area contributed by atoms with E-state index in [2.05, 4.69) is 10.4 Å². The number of nitrogens with one attached hydrogen (secondary N) is 1. The molecular formula is C17H18FN3O3. The van der Waals surface area contributed by atoms with Gasteiger partial charge in [-0.25, -0.2) is 9.07 Å². The van der Waals surface area contributed by atoms with Crippen molar-refractivity contribution >= 4 is 11.9 Å². The number of aromatic nitrogens is 2. The molecule has 0 aliphatic heterocycles. The van der Waals surface area contributed by atoms with Crippen molar-refractivity contribution in [2.24, 2.45) is 5.92 Å². The number of aryl methyl sites for hydroxylation is 1. The average Bonchev–Trinajstić information content (AvgIpc) is 3.16. The van der Waals surface area contributed by atoms with E-state index in [1.165, 1.54) is 16.8 Å². The summed E-state index contributed by atoms with van der Waals surface area (Å²) in [7, 11) is 0. The lowest BCUT2D eigenvalue weighted by atomic mass is 10.0. The van der Waals surface area contributed by atoms with E-state index in [4.69, 9.17) is 0 Å². The Hall–Kier alpha value is -2.70. The Morgan fingerprint density at radius 1 is 1.33 bits per heavy atom. The molecule has 1 amide bonds. The lowest BCUT2D eigenvalue weighted by Gasteiger charge is -2.16. The van der Waals surface area contributed by atoms with Gasteiger partial charge < -0.3 is 10.4 Å². The molecule has 6 nitrogen and oxygen atoms in total. The van der Waals surface area contributed by atoms with Crippen LogP contribution in [-0.4, -0.2) is 32.8 Å². The Balaban J connectivity index is 1.75. The van der Waals surface area contributed by atoms with Gasteiger partial charge >= 0.3 is 5.97 Å². The molecule has 1 aliphatic carbocycles. The molecule has 7 heteroatoms. The number of halogens is 1. The topological polar surface area (TPSA) is 84.2 Å². The monoisotopic (exact) mass is 331 g/mol. The second-order valence-corrected chi connectivity index (χ2v) is 6.03. The molecule has 2 N–H and O–H groups in total. The van der Waals surface area contributed by atoms with E-state index in [0.717, 1.165) is 6.42 Å². The summed E-state index contributed by atoms with van der Waals surface area (Å²) in [6.07, 6.45) is 3.63. The maximum Gasteiger partial charge on any atom is 0.308 e. The summed E-state index contributed by atoms with van der Waals surface area (Å²) in [6.45, 7) is 1.76. The first kappa shape index (κ1) is 16.2. The highest BCUT2D eigenvalue weighted by atomic mass is 19.1. The van der Waals surface area contributed by atoms with Crippen LogP contribution in [0.2, 0.25) is 0 Å². The van der Waals surface area contributed by atoms with Gasteiger partial charge in [0.1, 0.15) is 5.82 Å². The summed E-state index contributed by atoms with van der Waals surface area (Å²) in [5, 5.41) is 16.1. The summed E-state index contributed by atoms with van der Waals surface area (Å²) < 4.78 is 14.7. The molecule has 0 radical (unpaired) electrons. The van der Waals surface area contributed by atoms with Crippen LogP contribution >= 0.6 is 0 Å². The molecule has 3 rings (SSSR count). The lowest BCUT2D eigenvalue weighted by Crippen LogP contribution is -2.40. The Morgan fingerprint density at radius 3 is 2.83 bits per heavy atom. The zero-order chi connectivity index (χ0) is 17.3. The van der Waals surface area contributed by atoms with Crippen molar-refractivity contribution in [1.29, 1.82) is 0 Å². The minimum absolute atomic E-state index is 0.203. The van der Waals surface area contributed by atoms with Crippen molar-refractivity contribution in [2.75, 3.05) is 0 Å². The molecule has 1 aromatic heterocycles. The lowest BCUT2D eigenvalue weighted by molar-refractivity contribution is -0.142. The van der Waals surface area contributed by atoms with Crippen molar-refractivity contribution in [3.8, 4) is 5.69 Å². The van der Waals surface area contributed by atoms with Crippen molar-refractivity contribution in [2.45, 2.75) is 32.2 Å². The van der Waals surface area contributed by atoms with Crippen LogP contribution in [-0.2, 0) is 4.79 Å². The van der Waals surface area contributed by atoms with Crippen molar-refractivity contribution < 1.29 is 19.1 Å². The highest BCUT2D eigenvalue weighted by Gasteiger charge is 2.34. The van der Waals surface area contributed by atoms with E-state index in [9.17, 15) is 19.1 Å². The number of rotatable bonds is 4. The number of aliphatic carboxylic acids is 1. The van der Waals surface area contributed by atoms with Crippen LogP contribution in [0.15, 0.2) is 30.5 Å². The molecule has 0 unspecified atom stereocenters. The van der Waals surface area contributed by atoms with E-state index in [0.29, 0.717) is 24.1 Å². The van der Waals surface area contributed by atoms with Crippen LogP contribution in [0.1, 0.15) is 35.3 Å². The molecule has 2 atom stereocenters. The summed E-state index contributed by atoms with van der Waals surface area (Å²) in [5.74, 6) is -2.16. The van der Waals surface area contributed by atoms with Crippen LogP contribution in [0.3, 0.4) is 0 Å². The Kier molecular flexibility index (Phi) is 4.33. The van der Waals surface area contributed by atoms with Crippen LogP contribution in [0, 0.1) is 18.7 Å². The average molecular weight is 331 g/mol. The fourth-order valence-electron chi connectivity index (χ4n) is 3.13. The fraction of sp³-hybridized carbons (Fsp3) is 0.353. The fourth-order valence-corrected chi connectivity index (χ4v) is 3.13. The van der Waals surface area contributed by atoms with Gasteiger partial charge in [-0.1, -0.05) is 6.42 Å². The van der Waals surface area contributed by atoms with E-state index < -0.39 is 17.8 Å². The molecule has 2 aromatic rings. The number of benzene rings is 1. The third-order valence-corrected chi connectivity index (χ3v) is 4.38. The number of carbonyl (C=O) groups is 2. The number of carbonyl (C=O) groups excluding carboxylic acids is 1. The molecule has 1 aromatic carbocycles.